The minimum Gasteiger partial charge on any atom is -0.465 e. The van der Waals surface area contributed by atoms with E-state index in [0.29, 0.717) is 12.2 Å². The Morgan fingerprint density at radius 2 is 1.36 bits per heavy atom. The quantitative estimate of drug-likeness (QED) is 0.173. The number of pyridine rings is 1. The molecule has 6 heteroatoms. The van der Waals surface area contributed by atoms with Gasteiger partial charge in [-0.1, -0.05) is 115 Å². The zero-order chi connectivity index (χ0) is 30.4. The summed E-state index contributed by atoms with van der Waals surface area (Å²) >= 11 is 0. The molecule has 2 unspecified atom stereocenters. The number of para-hydroxylation sites is 1. The van der Waals surface area contributed by atoms with E-state index < -0.39 is 11.1 Å². The van der Waals surface area contributed by atoms with Gasteiger partial charge in [0.1, 0.15) is 5.54 Å². The summed E-state index contributed by atoms with van der Waals surface area (Å²) in [5.74, 6) is -0.369. The number of hydrogen-bond donors (Lipinski definition) is 1. The predicted octanol–water partition coefficient (Wildman–Crippen LogP) is 6.84. The predicted molar refractivity (Wildman–Crippen MR) is 176 cm³/mol. The Hall–Kier alpha value is -5.46. The molecule has 0 amide bonds. The van der Waals surface area contributed by atoms with Crippen molar-refractivity contribution < 1.29 is 9.53 Å². The summed E-state index contributed by atoms with van der Waals surface area (Å²) < 4.78 is 5.40. The minimum atomic E-state index is -0.806. The first-order valence-electron chi connectivity index (χ1n) is 15.2. The van der Waals surface area contributed by atoms with Crippen LogP contribution in [0.5, 0.6) is 0 Å². The average Bonchev–Trinajstić information content (AvgIpc) is 3.65. The topological polar surface area (TPSA) is 57.7 Å². The number of carbonyl (C=O) groups is 1. The normalized spacial score (nSPS) is 20.3. The van der Waals surface area contributed by atoms with E-state index in [1.165, 1.54) is 7.11 Å². The molecule has 1 aliphatic carbocycles. The summed E-state index contributed by atoms with van der Waals surface area (Å²) in [5, 5.41) is 3.74. The number of benzene rings is 4. The van der Waals surface area contributed by atoms with Gasteiger partial charge < -0.3 is 15.0 Å². The molecule has 4 aromatic carbocycles. The average molecular weight is 589 g/mol. The van der Waals surface area contributed by atoms with Crippen LogP contribution in [0.3, 0.4) is 0 Å². The Morgan fingerprint density at radius 3 is 1.93 bits per heavy atom. The van der Waals surface area contributed by atoms with Crippen molar-refractivity contribution >= 4 is 17.3 Å². The lowest BCUT2D eigenvalue weighted by Crippen LogP contribution is -2.59. The van der Waals surface area contributed by atoms with Crippen LogP contribution >= 0.6 is 0 Å². The Kier molecular flexibility index (Phi) is 6.39. The number of fused-ring (bicyclic) bond motifs is 1. The molecule has 8 rings (SSSR count). The zero-order valence-electron chi connectivity index (χ0n) is 24.9. The SMILES string of the molecule is COC(=O)C1=C2Nc3ccccc3C23C(C=C1)N(c1ccncc1)CN3C(c1ccccc1)(c1ccccc1)c1ccccc1. The molecule has 220 valence electrons. The molecule has 1 saturated heterocycles. The molecule has 0 saturated carbocycles. The monoisotopic (exact) mass is 588 g/mol. The lowest BCUT2D eigenvalue weighted by molar-refractivity contribution is -0.135. The van der Waals surface area contributed by atoms with E-state index in [1.54, 1.807) is 0 Å². The van der Waals surface area contributed by atoms with Gasteiger partial charge in [0, 0.05) is 29.3 Å². The third-order valence-corrected chi connectivity index (χ3v) is 9.56. The van der Waals surface area contributed by atoms with Gasteiger partial charge in [0.05, 0.1) is 36.6 Å². The molecule has 0 bridgehead atoms. The van der Waals surface area contributed by atoms with Crippen molar-refractivity contribution in [2.45, 2.75) is 17.1 Å². The van der Waals surface area contributed by atoms with Crippen LogP contribution in [0.15, 0.2) is 163 Å². The van der Waals surface area contributed by atoms with Crippen LogP contribution in [0, 0.1) is 0 Å². The molecule has 3 aliphatic rings. The molecule has 2 aliphatic heterocycles. The van der Waals surface area contributed by atoms with Crippen molar-refractivity contribution in [1.29, 1.82) is 0 Å². The molecular formula is C39H32N4O2. The van der Waals surface area contributed by atoms with Gasteiger partial charge in [-0.25, -0.2) is 4.79 Å². The molecule has 1 N–H and O–H groups in total. The van der Waals surface area contributed by atoms with E-state index in [-0.39, 0.29) is 12.0 Å². The van der Waals surface area contributed by atoms with Crippen LogP contribution in [0.2, 0.25) is 0 Å². The van der Waals surface area contributed by atoms with Crippen molar-refractivity contribution in [2.75, 3.05) is 24.0 Å². The highest BCUT2D eigenvalue weighted by atomic mass is 16.5. The maximum Gasteiger partial charge on any atom is 0.339 e. The maximum absolute atomic E-state index is 13.6. The number of carbonyl (C=O) groups excluding carboxylic acids is 1. The van der Waals surface area contributed by atoms with Crippen LogP contribution in [0.1, 0.15) is 22.3 Å². The van der Waals surface area contributed by atoms with Crippen LogP contribution < -0.4 is 10.2 Å². The summed E-state index contributed by atoms with van der Waals surface area (Å²) in [6.07, 6.45) is 7.78. The third-order valence-electron chi connectivity index (χ3n) is 9.56. The lowest BCUT2D eigenvalue weighted by atomic mass is 9.69. The molecule has 45 heavy (non-hydrogen) atoms. The van der Waals surface area contributed by atoms with E-state index in [4.69, 9.17) is 4.74 Å². The first-order chi connectivity index (χ1) is 22.2. The van der Waals surface area contributed by atoms with E-state index >= 15 is 0 Å². The number of hydrogen-bond acceptors (Lipinski definition) is 6. The molecule has 5 aromatic rings. The van der Waals surface area contributed by atoms with E-state index in [2.05, 4.69) is 148 Å². The van der Waals surface area contributed by atoms with Gasteiger partial charge in [-0.2, -0.15) is 0 Å². The fourth-order valence-corrected chi connectivity index (χ4v) is 7.83. The molecule has 1 aromatic heterocycles. The van der Waals surface area contributed by atoms with Gasteiger partial charge >= 0.3 is 5.97 Å². The Balaban J connectivity index is 1.54. The van der Waals surface area contributed by atoms with Crippen molar-refractivity contribution in [3.05, 3.63) is 185 Å². The summed E-state index contributed by atoms with van der Waals surface area (Å²) in [7, 11) is 1.45. The summed E-state index contributed by atoms with van der Waals surface area (Å²) in [5.41, 5.74) is 6.29. The number of esters is 1. The molecule has 1 spiro atoms. The highest BCUT2D eigenvalue weighted by Crippen LogP contribution is 2.62. The van der Waals surface area contributed by atoms with Crippen LogP contribution in [-0.2, 0) is 20.6 Å². The second kappa shape index (κ2) is 10.6. The van der Waals surface area contributed by atoms with Gasteiger partial charge in [-0.05, 0) is 41.0 Å². The van der Waals surface area contributed by atoms with Crippen molar-refractivity contribution in [2.24, 2.45) is 0 Å². The highest BCUT2D eigenvalue weighted by Gasteiger charge is 2.66. The lowest BCUT2D eigenvalue weighted by Gasteiger charge is -2.52. The number of methoxy groups -OCH3 is 1. The van der Waals surface area contributed by atoms with Crippen LogP contribution in [0.4, 0.5) is 11.4 Å². The standard InChI is InChI=1S/C39H32N4O2/c1-45-37(44)32-21-22-35-39(33-19-11-12-20-34(33)41-36(32)39)43(27-42(35)31-23-25-40-26-24-31)38(28-13-5-2-6-14-28,29-15-7-3-8-16-29)30-17-9-4-10-18-30/h2-26,35,41H,27H2,1H3. The van der Waals surface area contributed by atoms with E-state index in [9.17, 15) is 4.79 Å². The second-order valence-corrected chi connectivity index (χ2v) is 11.6. The number of nitrogens with zero attached hydrogens (tertiary/aromatic N) is 3. The number of anilines is 2. The summed E-state index contributed by atoms with van der Waals surface area (Å²) in [6.45, 7) is 0.547. The molecule has 0 radical (unpaired) electrons. The Bertz CT molecular complexity index is 1830. The second-order valence-electron chi connectivity index (χ2n) is 11.6. The zero-order valence-corrected chi connectivity index (χ0v) is 24.9. The van der Waals surface area contributed by atoms with E-state index in [1.807, 2.05) is 24.5 Å². The Labute approximate surface area is 262 Å². The fraction of sp³-hybridized carbons (Fsp3) is 0.128. The highest BCUT2D eigenvalue weighted by molar-refractivity contribution is 5.96. The van der Waals surface area contributed by atoms with Gasteiger partial charge in [0.2, 0.25) is 0 Å². The van der Waals surface area contributed by atoms with Gasteiger partial charge in [-0.15, -0.1) is 0 Å². The number of ether oxygens (including phenoxy) is 1. The summed E-state index contributed by atoms with van der Waals surface area (Å²) in [6, 6.07) is 44.6. The molecular weight excluding hydrogens is 556 g/mol. The van der Waals surface area contributed by atoms with Gasteiger partial charge in [0.25, 0.3) is 0 Å². The van der Waals surface area contributed by atoms with Gasteiger partial charge in [-0.3, -0.25) is 9.88 Å². The van der Waals surface area contributed by atoms with Crippen molar-refractivity contribution in [1.82, 2.24) is 9.88 Å². The first-order valence-corrected chi connectivity index (χ1v) is 15.2. The number of rotatable bonds is 6. The Morgan fingerprint density at radius 1 is 0.800 bits per heavy atom. The largest absolute Gasteiger partial charge is 0.465 e. The number of aromatic nitrogens is 1. The van der Waals surface area contributed by atoms with Crippen LogP contribution in [-0.4, -0.2) is 35.7 Å². The first kappa shape index (κ1) is 27.1. The van der Waals surface area contributed by atoms with E-state index in [0.717, 1.165) is 39.3 Å². The minimum absolute atomic E-state index is 0.171. The van der Waals surface area contributed by atoms with Crippen molar-refractivity contribution in [3.63, 3.8) is 0 Å². The fourth-order valence-electron chi connectivity index (χ4n) is 7.83. The van der Waals surface area contributed by atoms with Crippen molar-refractivity contribution in [3.8, 4) is 0 Å². The molecule has 2 atom stereocenters. The smallest absolute Gasteiger partial charge is 0.339 e. The number of nitrogens with one attached hydrogen (secondary N) is 1. The molecule has 1 fully saturated rings. The van der Waals surface area contributed by atoms with Crippen LogP contribution in [0.25, 0.3) is 0 Å². The van der Waals surface area contributed by atoms with Gasteiger partial charge in [0.15, 0.2) is 0 Å². The third kappa shape index (κ3) is 3.79. The molecule has 3 heterocycles. The maximum atomic E-state index is 13.6. The molecule has 6 nitrogen and oxygen atoms in total. The summed E-state index contributed by atoms with van der Waals surface area (Å²) in [4.78, 5) is 22.9.